The van der Waals surface area contributed by atoms with Gasteiger partial charge in [-0.15, -0.1) is 0 Å². The Morgan fingerprint density at radius 3 is 3.07 bits per heavy atom. The molecular formula is C10H11ClN2O2. The van der Waals surface area contributed by atoms with E-state index in [-0.39, 0.29) is 5.69 Å². The van der Waals surface area contributed by atoms with Crippen molar-refractivity contribution in [2.75, 3.05) is 19.0 Å². The average Bonchev–Trinajstić information content (AvgIpc) is 2.25. The monoisotopic (exact) mass is 226 g/mol. The molecule has 1 N–H and O–H groups in total. The van der Waals surface area contributed by atoms with E-state index in [2.05, 4.69) is 21.6 Å². The van der Waals surface area contributed by atoms with Crippen molar-refractivity contribution in [3.63, 3.8) is 0 Å². The molecule has 0 saturated carbocycles. The Morgan fingerprint density at radius 2 is 2.47 bits per heavy atom. The van der Waals surface area contributed by atoms with Crippen LogP contribution >= 0.6 is 11.6 Å². The minimum atomic E-state index is -0.469. The molecule has 1 aromatic rings. The van der Waals surface area contributed by atoms with Gasteiger partial charge in [-0.3, -0.25) is 0 Å². The van der Waals surface area contributed by atoms with Crippen molar-refractivity contribution in [3.8, 4) is 0 Å². The van der Waals surface area contributed by atoms with E-state index in [1.807, 2.05) is 0 Å². The van der Waals surface area contributed by atoms with E-state index in [4.69, 9.17) is 11.6 Å². The highest BCUT2D eigenvalue weighted by Crippen LogP contribution is 2.09. The Morgan fingerprint density at radius 1 is 1.73 bits per heavy atom. The van der Waals surface area contributed by atoms with E-state index in [1.54, 1.807) is 12.1 Å². The number of ether oxygens (including phenoxy) is 1. The third-order valence-electron chi connectivity index (χ3n) is 1.64. The quantitative estimate of drug-likeness (QED) is 0.799. The minimum Gasteiger partial charge on any atom is -0.464 e. The van der Waals surface area contributed by atoms with Gasteiger partial charge in [0.05, 0.1) is 13.7 Å². The van der Waals surface area contributed by atoms with E-state index < -0.39 is 5.97 Å². The van der Waals surface area contributed by atoms with Crippen LogP contribution in [0.5, 0.6) is 0 Å². The van der Waals surface area contributed by atoms with Crippen LogP contribution in [0.2, 0.25) is 0 Å². The molecule has 0 aliphatic rings. The van der Waals surface area contributed by atoms with Crippen LogP contribution in [-0.4, -0.2) is 24.6 Å². The SMILES string of the molecule is C=C(Cl)CNc1ccnc(C(=O)OC)c1. The molecule has 0 amide bonds. The van der Waals surface area contributed by atoms with Crippen LogP contribution in [0, 0.1) is 0 Å². The summed E-state index contributed by atoms with van der Waals surface area (Å²) in [5.41, 5.74) is 0.995. The number of esters is 1. The lowest BCUT2D eigenvalue weighted by Gasteiger charge is -2.05. The number of carbonyl (C=O) groups is 1. The van der Waals surface area contributed by atoms with Gasteiger partial charge in [0.2, 0.25) is 0 Å². The third-order valence-corrected chi connectivity index (χ3v) is 1.77. The molecule has 15 heavy (non-hydrogen) atoms. The second kappa shape index (κ2) is 5.36. The summed E-state index contributed by atoms with van der Waals surface area (Å²) in [6, 6.07) is 3.32. The Balaban J connectivity index is 2.74. The number of rotatable bonds is 4. The molecule has 0 aromatic carbocycles. The number of nitrogens with one attached hydrogen (secondary N) is 1. The van der Waals surface area contributed by atoms with Gasteiger partial charge in [0.25, 0.3) is 0 Å². The molecule has 0 atom stereocenters. The zero-order chi connectivity index (χ0) is 11.3. The molecule has 5 heteroatoms. The summed E-state index contributed by atoms with van der Waals surface area (Å²) in [6.07, 6.45) is 1.52. The van der Waals surface area contributed by atoms with Crippen molar-refractivity contribution in [1.29, 1.82) is 0 Å². The summed E-state index contributed by atoms with van der Waals surface area (Å²) in [7, 11) is 1.31. The normalized spacial score (nSPS) is 9.47. The highest BCUT2D eigenvalue weighted by Gasteiger charge is 2.06. The lowest BCUT2D eigenvalue weighted by Crippen LogP contribution is -2.06. The molecule has 0 radical (unpaired) electrons. The Bertz CT molecular complexity index is 379. The molecule has 0 unspecified atom stereocenters. The van der Waals surface area contributed by atoms with Gasteiger partial charge in [-0.1, -0.05) is 18.2 Å². The summed E-state index contributed by atoms with van der Waals surface area (Å²) in [5, 5.41) is 3.48. The number of aromatic nitrogens is 1. The summed E-state index contributed by atoms with van der Waals surface area (Å²) in [5.74, 6) is -0.469. The lowest BCUT2D eigenvalue weighted by atomic mass is 10.3. The zero-order valence-corrected chi connectivity index (χ0v) is 9.04. The van der Waals surface area contributed by atoms with Gasteiger partial charge in [-0.2, -0.15) is 0 Å². The van der Waals surface area contributed by atoms with Crippen LogP contribution in [-0.2, 0) is 4.74 Å². The van der Waals surface area contributed by atoms with Crippen LogP contribution in [0.25, 0.3) is 0 Å². The van der Waals surface area contributed by atoms with Crippen molar-refractivity contribution in [2.45, 2.75) is 0 Å². The lowest BCUT2D eigenvalue weighted by molar-refractivity contribution is 0.0594. The predicted molar refractivity (Wildman–Crippen MR) is 59.1 cm³/mol. The fourth-order valence-electron chi connectivity index (χ4n) is 0.955. The van der Waals surface area contributed by atoms with Crippen LogP contribution < -0.4 is 5.32 Å². The van der Waals surface area contributed by atoms with Gasteiger partial charge in [0.15, 0.2) is 0 Å². The fraction of sp³-hybridized carbons (Fsp3) is 0.200. The number of hydrogen-bond donors (Lipinski definition) is 1. The van der Waals surface area contributed by atoms with E-state index in [0.717, 1.165) is 5.69 Å². The van der Waals surface area contributed by atoms with Gasteiger partial charge in [-0.05, 0) is 12.1 Å². The van der Waals surface area contributed by atoms with Crippen molar-refractivity contribution in [1.82, 2.24) is 4.98 Å². The highest BCUT2D eigenvalue weighted by molar-refractivity contribution is 6.29. The number of carbonyl (C=O) groups excluding carboxylic acids is 1. The molecule has 0 saturated heterocycles. The zero-order valence-electron chi connectivity index (χ0n) is 8.29. The maximum atomic E-state index is 11.1. The van der Waals surface area contributed by atoms with Crippen molar-refractivity contribution < 1.29 is 9.53 Å². The molecule has 4 nitrogen and oxygen atoms in total. The Hall–Kier alpha value is -1.55. The van der Waals surface area contributed by atoms with E-state index in [1.165, 1.54) is 13.3 Å². The summed E-state index contributed by atoms with van der Waals surface area (Å²) >= 11 is 5.59. The Labute approximate surface area is 92.9 Å². The third kappa shape index (κ3) is 3.59. The number of nitrogens with zero attached hydrogens (tertiary/aromatic N) is 1. The van der Waals surface area contributed by atoms with Crippen molar-refractivity contribution in [2.24, 2.45) is 0 Å². The predicted octanol–water partition coefficient (Wildman–Crippen LogP) is 2.03. The first-order valence-corrected chi connectivity index (χ1v) is 4.63. The first-order valence-electron chi connectivity index (χ1n) is 4.25. The molecule has 80 valence electrons. The smallest absolute Gasteiger partial charge is 0.356 e. The van der Waals surface area contributed by atoms with Gasteiger partial charge in [0.1, 0.15) is 5.69 Å². The van der Waals surface area contributed by atoms with Crippen molar-refractivity contribution in [3.05, 3.63) is 35.6 Å². The van der Waals surface area contributed by atoms with E-state index >= 15 is 0 Å². The van der Waals surface area contributed by atoms with Crippen molar-refractivity contribution >= 4 is 23.3 Å². The summed E-state index contributed by atoms with van der Waals surface area (Å²) < 4.78 is 4.54. The average molecular weight is 227 g/mol. The number of methoxy groups -OCH3 is 1. The van der Waals surface area contributed by atoms with Crippen LogP contribution in [0.1, 0.15) is 10.5 Å². The van der Waals surface area contributed by atoms with Gasteiger partial charge in [0, 0.05) is 16.9 Å². The van der Waals surface area contributed by atoms with E-state index in [9.17, 15) is 4.79 Å². The summed E-state index contributed by atoms with van der Waals surface area (Å²) in [4.78, 5) is 15.0. The number of hydrogen-bond acceptors (Lipinski definition) is 4. The molecule has 0 aliphatic carbocycles. The minimum absolute atomic E-state index is 0.252. The number of anilines is 1. The second-order valence-corrected chi connectivity index (χ2v) is 3.33. The fourth-order valence-corrected chi connectivity index (χ4v) is 1.02. The molecule has 1 rings (SSSR count). The molecular weight excluding hydrogens is 216 g/mol. The highest BCUT2D eigenvalue weighted by atomic mass is 35.5. The van der Waals surface area contributed by atoms with Gasteiger partial charge >= 0.3 is 5.97 Å². The molecule has 0 bridgehead atoms. The Kier molecular flexibility index (Phi) is 4.12. The first-order chi connectivity index (χ1) is 7.13. The largest absolute Gasteiger partial charge is 0.464 e. The van der Waals surface area contributed by atoms with Crippen LogP contribution in [0.4, 0.5) is 5.69 Å². The number of halogens is 1. The summed E-state index contributed by atoms with van der Waals surface area (Å²) in [6.45, 7) is 3.98. The molecule has 1 aromatic heterocycles. The van der Waals surface area contributed by atoms with E-state index in [0.29, 0.717) is 11.6 Å². The van der Waals surface area contributed by atoms with Gasteiger partial charge < -0.3 is 10.1 Å². The molecule has 0 aliphatic heterocycles. The topological polar surface area (TPSA) is 51.2 Å². The molecule has 0 spiro atoms. The van der Waals surface area contributed by atoms with Crippen LogP contribution in [0.15, 0.2) is 29.9 Å². The number of pyridine rings is 1. The maximum absolute atomic E-state index is 11.1. The van der Waals surface area contributed by atoms with Crippen LogP contribution in [0.3, 0.4) is 0 Å². The maximum Gasteiger partial charge on any atom is 0.356 e. The first kappa shape index (κ1) is 11.5. The van der Waals surface area contributed by atoms with Gasteiger partial charge in [-0.25, -0.2) is 9.78 Å². The second-order valence-electron chi connectivity index (χ2n) is 2.79. The standard InChI is InChI=1S/C10H11ClN2O2/c1-7(11)6-13-8-3-4-12-9(5-8)10(14)15-2/h3-5H,1,6H2,2H3,(H,12,13). The molecule has 0 fully saturated rings. The molecule has 1 heterocycles.